The van der Waals surface area contributed by atoms with Gasteiger partial charge in [0.1, 0.15) is 12.4 Å². The number of aryl methyl sites for hydroxylation is 1. The molecule has 1 saturated heterocycles. The van der Waals surface area contributed by atoms with Crippen molar-refractivity contribution in [1.82, 2.24) is 20.5 Å². The molecule has 3 aromatic rings. The number of nitrogens with one attached hydrogen (secondary N) is 2. The molecular formula is C28H32N4O6. The van der Waals surface area contributed by atoms with Gasteiger partial charge in [-0.25, -0.2) is 4.98 Å². The average molecular weight is 521 g/mol. The molecule has 0 saturated carbocycles. The van der Waals surface area contributed by atoms with Gasteiger partial charge in [0.05, 0.1) is 25.0 Å². The Bertz CT molecular complexity index is 1270. The van der Waals surface area contributed by atoms with Crippen LogP contribution in [0.1, 0.15) is 43.3 Å². The minimum absolute atomic E-state index is 0.0667. The van der Waals surface area contributed by atoms with E-state index in [1.165, 1.54) is 6.39 Å². The van der Waals surface area contributed by atoms with Crippen molar-refractivity contribution in [3.63, 3.8) is 0 Å². The molecule has 2 amide bonds. The standard InChI is InChI=1S/C28H32N4O6/c1-18-26(38-17-31-18)16-37-23-7-6-21-13-24(29-14-22(21)12-23)25(33)15-30-27(34)19-2-4-20(5-3-19)28(35)32-8-10-36-11-9-32/h2-7,12,17,24-25,29,33H,8-11,13-16H2,1H3,(H,30,34)/t24-,25+/m0/s1. The number of carbonyl (C=O) groups is 2. The Morgan fingerprint density at radius 2 is 1.92 bits per heavy atom. The highest BCUT2D eigenvalue weighted by atomic mass is 16.5. The van der Waals surface area contributed by atoms with E-state index in [-0.39, 0.29) is 24.4 Å². The van der Waals surface area contributed by atoms with Crippen LogP contribution in [-0.2, 0) is 24.3 Å². The third-order valence-electron chi connectivity index (χ3n) is 7.02. The average Bonchev–Trinajstić information content (AvgIpc) is 3.38. The predicted molar refractivity (Wildman–Crippen MR) is 138 cm³/mol. The van der Waals surface area contributed by atoms with Crippen LogP contribution in [0.4, 0.5) is 0 Å². The van der Waals surface area contributed by atoms with Crippen LogP contribution < -0.4 is 15.4 Å². The highest BCUT2D eigenvalue weighted by Crippen LogP contribution is 2.24. The van der Waals surface area contributed by atoms with Crippen LogP contribution in [0.3, 0.4) is 0 Å². The fourth-order valence-corrected chi connectivity index (χ4v) is 4.65. The number of aliphatic hydroxyl groups excluding tert-OH is 1. The Hall–Kier alpha value is -3.73. The number of morpholine rings is 1. The van der Waals surface area contributed by atoms with Crippen LogP contribution in [0.15, 0.2) is 53.3 Å². The number of hydrogen-bond donors (Lipinski definition) is 3. The lowest BCUT2D eigenvalue weighted by Crippen LogP contribution is -2.49. The van der Waals surface area contributed by atoms with Gasteiger partial charge in [-0.2, -0.15) is 0 Å². The van der Waals surface area contributed by atoms with Crippen molar-refractivity contribution in [3.05, 3.63) is 82.6 Å². The Labute approximate surface area is 220 Å². The Morgan fingerprint density at radius 1 is 1.16 bits per heavy atom. The molecule has 2 aliphatic rings. The van der Waals surface area contributed by atoms with Gasteiger partial charge < -0.3 is 34.5 Å². The van der Waals surface area contributed by atoms with Gasteiger partial charge >= 0.3 is 0 Å². The molecule has 0 spiro atoms. The van der Waals surface area contributed by atoms with Crippen molar-refractivity contribution in [1.29, 1.82) is 0 Å². The summed E-state index contributed by atoms with van der Waals surface area (Å²) < 4.78 is 16.5. The van der Waals surface area contributed by atoms with Gasteiger partial charge in [-0.3, -0.25) is 9.59 Å². The van der Waals surface area contributed by atoms with E-state index in [0.29, 0.717) is 62.8 Å². The molecule has 2 aliphatic heterocycles. The number of hydrogen-bond acceptors (Lipinski definition) is 8. The molecule has 1 aromatic heterocycles. The number of carbonyl (C=O) groups excluding carboxylic acids is 2. The zero-order valence-electron chi connectivity index (χ0n) is 21.3. The summed E-state index contributed by atoms with van der Waals surface area (Å²) in [6.45, 7) is 5.09. The summed E-state index contributed by atoms with van der Waals surface area (Å²) in [5.74, 6) is 1.08. The van der Waals surface area contributed by atoms with Crippen LogP contribution in [0, 0.1) is 6.92 Å². The van der Waals surface area contributed by atoms with E-state index in [1.54, 1.807) is 29.2 Å². The lowest BCUT2D eigenvalue weighted by molar-refractivity contribution is 0.0303. The summed E-state index contributed by atoms with van der Waals surface area (Å²) >= 11 is 0. The molecule has 1 fully saturated rings. The van der Waals surface area contributed by atoms with Crippen LogP contribution in [0.2, 0.25) is 0 Å². The van der Waals surface area contributed by atoms with Crippen molar-refractivity contribution in [2.75, 3.05) is 32.8 Å². The lowest BCUT2D eigenvalue weighted by Gasteiger charge is -2.30. The van der Waals surface area contributed by atoms with Gasteiger partial charge in [-0.05, 0) is 60.9 Å². The summed E-state index contributed by atoms with van der Waals surface area (Å²) in [6.07, 6.45) is 1.27. The van der Waals surface area contributed by atoms with Gasteiger partial charge in [-0.15, -0.1) is 0 Å². The minimum atomic E-state index is -0.764. The Kier molecular flexibility index (Phi) is 8.02. The van der Waals surface area contributed by atoms with Crippen molar-refractivity contribution in [2.24, 2.45) is 0 Å². The molecule has 0 unspecified atom stereocenters. The number of aromatic nitrogens is 1. The number of oxazole rings is 1. The van der Waals surface area contributed by atoms with Crippen molar-refractivity contribution in [3.8, 4) is 5.75 Å². The minimum Gasteiger partial charge on any atom is -0.486 e. The van der Waals surface area contributed by atoms with Gasteiger partial charge in [0, 0.05) is 43.3 Å². The second kappa shape index (κ2) is 11.8. The summed E-state index contributed by atoms with van der Waals surface area (Å²) in [6, 6.07) is 12.3. The van der Waals surface area contributed by atoms with Gasteiger partial charge in [0.2, 0.25) is 0 Å². The first-order chi connectivity index (χ1) is 18.5. The highest BCUT2D eigenvalue weighted by molar-refractivity contribution is 5.97. The molecule has 0 bridgehead atoms. The first-order valence-electron chi connectivity index (χ1n) is 12.8. The molecule has 3 heterocycles. The maximum Gasteiger partial charge on any atom is 0.254 e. The van der Waals surface area contributed by atoms with E-state index in [2.05, 4.69) is 15.6 Å². The smallest absolute Gasteiger partial charge is 0.254 e. The third-order valence-corrected chi connectivity index (χ3v) is 7.02. The highest BCUT2D eigenvalue weighted by Gasteiger charge is 2.25. The number of ether oxygens (including phenoxy) is 2. The normalized spacial score (nSPS) is 17.9. The van der Waals surface area contributed by atoms with Crippen LogP contribution in [0.25, 0.3) is 0 Å². The second-order valence-electron chi connectivity index (χ2n) is 9.53. The molecule has 5 rings (SSSR count). The van der Waals surface area contributed by atoms with Crippen molar-refractivity contribution < 1.29 is 28.6 Å². The van der Waals surface area contributed by atoms with E-state index in [1.807, 2.05) is 25.1 Å². The summed E-state index contributed by atoms with van der Waals surface area (Å²) in [5, 5.41) is 16.9. The molecule has 2 atom stereocenters. The molecule has 10 heteroatoms. The number of benzene rings is 2. The first-order valence-corrected chi connectivity index (χ1v) is 12.8. The monoisotopic (exact) mass is 520 g/mol. The van der Waals surface area contributed by atoms with Crippen LogP contribution in [0.5, 0.6) is 5.75 Å². The Morgan fingerprint density at radius 3 is 2.66 bits per heavy atom. The Balaban J connectivity index is 1.10. The predicted octanol–water partition coefficient (Wildman–Crippen LogP) is 1.84. The number of rotatable bonds is 8. The third kappa shape index (κ3) is 6.04. The molecule has 200 valence electrons. The lowest BCUT2D eigenvalue weighted by atomic mass is 9.92. The molecule has 38 heavy (non-hydrogen) atoms. The maximum absolute atomic E-state index is 12.6. The van der Waals surface area contributed by atoms with E-state index in [9.17, 15) is 14.7 Å². The molecule has 3 N–H and O–H groups in total. The van der Waals surface area contributed by atoms with E-state index >= 15 is 0 Å². The van der Waals surface area contributed by atoms with Crippen molar-refractivity contribution in [2.45, 2.75) is 38.6 Å². The first kappa shape index (κ1) is 25.9. The van der Waals surface area contributed by atoms with Gasteiger partial charge in [0.25, 0.3) is 11.8 Å². The summed E-state index contributed by atoms with van der Waals surface area (Å²) in [4.78, 5) is 31.0. The number of nitrogens with zero attached hydrogens (tertiary/aromatic N) is 2. The fourth-order valence-electron chi connectivity index (χ4n) is 4.65. The molecule has 0 radical (unpaired) electrons. The van der Waals surface area contributed by atoms with Gasteiger partial charge in [-0.1, -0.05) is 6.07 Å². The largest absolute Gasteiger partial charge is 0.486 e. The topological polar surface area (TPSA) is 126 Å². The number of amides is 2. The number of aliphatic hydroxyl groups is 1. The fraction of sp³-hybridized carbons (Fsp3) is 0.393. The molecule has 0 aliphatic carbocycles. The zero-order valence-corrected chi connectivity index (χ0v) is 21.3. The van der Waals surface area contributed by atoms with Crippen LogP contribution in [-0.4, -0.2) is 71.8 Å². The second-order valence-corrected chi connectivity index (χ2v) is 9.53. The van der Waals surface area contributed by atoms with Crippen molar-refractivity contribution >= 4 is 11.8 Å². The molecular weight excluding hydrogens is 488 g/mol. The van der Waals surface area contributed by atoms with Crippen LogP contribution >= 0.6 is 0 Å². The molecule has 10 nitrogen and oxygen atoms in total. The van der Waals surface area contributed by atoms with Gasteiger partial charge in [0.15, 0.2) is 12.2 Å². The van der Waals surface area contributed by atoms with E-state index in [0.717, 1.165) is 22.6 Å². The van der Waals surface area contributed by atoms with E-state index < -0.39 is 6.10 Å². The molecule has 2 aromatic carbocycles. The zero-order chi connectivity index (χ0) is 26.5. The summed E-state index contributed by atoms with van der Waals surface area (Å²) in [5.41, 5.74) is 4.02. The number of fused-ring (bicyclic) bond motifs is 1. The summed E-state index contributed by atoms with van der Waals surface area (Å²) in [7, 11) is 0. The van der Waals surface area contributed by atoms with E-state index in [4.69, 9.17) is 13.9 Å². The quantitative estimate of drug-likeness (QED) is 0.411. The SMILES string of the molecule is Cc1ncoc1COc1ccc2c(c1)CN[C@H]([C@H](O)CNC(=O)c1ccc(C(=O)N3CCOCC3)cc1)C2. The maximum atomic E-state index is 12.6.